The first kappa shape index (κ1) is 15.8. The molecule has 0 bridgehead atoms. The number of benzene rings is 1. The molecule has 0 aliphatic rings. The number of aryl methyl sites for hydroxylation is 1. The fraction of sp³-hybridized carbons (Fsp3) is 0.200. The second-order valence-corrected chi connectivity index (χ2v) is 6.93. The van der Waals surface area contributed by atoms with Gasteiger partial charge in [-0.3, -0.25) is 4.79 Å². The molecule has 118 valence electrons. The number of carbonyl (C=O) groups excluding carboxylic acids is 1. The van der Waals surface area contributed by atoms with Gasteiger partial charge in [0.15, 0.2) is 5.69 Å². The van der Waals surface area contributed by atoms with E-state index < -0.39 is 0 Å². The second kappa shape index (κ2) is 6.59. The summed E-state index contributed by atoms with van der Waals surface area (Å²) in [6, 6.07) is 7.66. The molecule has 2 heterocycles. The van der Waals surface area contributed by atoms with Gasteiger partial charge in [-0.25, -0.2) is 9.67 Å². The van der Waals surface area contributed by atoms with Gasteiger partial charge in [-0.05, 0) is 32.0 Å². The van der Waals surface area contributed by atoms with E-state index in [9.17, 15) is 4.79 Å². The Morgan fingerprint density at radius 3 is 2.91 bits per heavy atom. The number of hydrogen-bond donors (Lipinski definition) is 1. The first-order valence-electron chi connectivity index (χ1n) is 6.92. The van der Waals surface area contributed by atoms with E-state index in [-0.39, 0.29) is 5.91 Å². The van der Waals surface area contributed by atoms with Crippen molar-refractivity contribution in [2.75, 3.05) is 0 Å². The molecule has 0 atom stereocenters. The van der Waals surface area contributed by atoms with Gasteiger partial charge in [-0.1, -0.05) is 27.2 Å². The van der Waals surface area contributed by atoms with Crippen LogP contribution in [0.4, 0.5) is 0 Å². The van der Waals surface area contributed by atoms with Gasteiger partial charge in [-0.2, -0.15) is 0 Å². The van der Waals surface area contributed by atoms with Crippen molar-refractivity contribution in [3.8, 4) is 5.69 Å². The Bertz CT molecular complexity index is 857. The topological polar surface area (TPSA) is 72.7 Å². The van der Waals surface area contributed by atoms with Crippen LogP contribution in [0.15, 0.2) is 34.1 Å². The minimum Gasteiger partial charge on any atom is -0.345 e. The molecule has 3 aromatic rings. The molecule has 3 rings (SSSR count). The zero-order valence-corrected chi connectivity index (χ0v) is 15.0. The minimum absolute atomic E-state index is 0.255. The highest BCUT2D eigenvalue weighted by Crippen LogP contribution is 2.17. The largest absolute Gasteiger partial charge is 0.345 e. The number of halogens is 1. The highest BCUT2D eigenvalue weighted by molar-refractivity contribution is 9.10. The van der Waals surface area contributed by atoms with Crippen LogP contribution in [0.2, 0.25) is 0 Å². The zero-order chi connectivity index (χ0) is 16.4. The molecule has 0 spiro atoms. The molecule has 6 nitrogen and oxygen atoms in total. The fourth-order valence-corrected chi connectivity index (χ4v) is 3.14. The molecule has 0 saturated carbocycles. The van der Waals surface area contributed by atoms with Crippen LogP contribution in [-0.2, 0) is 6.54 Å². The average Bonchev–Trinajstić information content (AvgIpc) is 3.11. The van der Waals surface area contributed by atoms with E-state index in [0.29, 0.717) is 17.9 Å². The second-order valence-electron chi connectivity index (χ2n) is 4.96. The maximum absolute atomic E-state index is 12.3. The lowest BCUT2D eigenvalue weighted by atomic mass is 10.3. The first-order chi connectivity index (χ1) is 11.0. The molecule has 23 heavy (non-hydrogen) atoms. The molecule has 0 saturated heterocycles. The number of carbonyl (C=O) groups is 1. The van der Waals surface area contributed by atoms with Crippen LogP contribution in [0.1, 0.15) is 26.9 Å². The van der Waals surface area contributed by atoms with Crippen molar-refractivity contribution < 1.29 is 4.79 Å². The lowest BCUT2D eigenvalue weighted by Crippen LogP contribution is -2.24. The molecule has 0 aliphatic carbocycles. The summed E-state index contributed by atoms with van der Waals surface area (Å²) in [6.07, 6.45) is 0. The normalized spacial score (nSPS) is 10.7. The smallest absolute Gasteiger partial charge is 0.274 e. The van der Waals surface area contributed by atoms with Gasteiger partial charge < -0.3 is 5.32 Å². The number of hydrogen-bond acceptors (Lipinski definition) is 5. The molecule has 0 unspecified atom stereocenters. The number of nitrogens with one attached hydrogen (secondary N) is 1. The summed E-state index contributed by atoms with van der Waals surface area (Å²) in [7, 11) is 0. The Morgan fingerprint density at radius 1 is 1.39 bits per heavy atom. The fourth-order valence-electron chi connectivity index (χ4n) is 2.14. The monoisotopic (exact) mass is 391 g/mol. The van der Waals surface area contributed by atoms with Gasteiger partial charge >= 0.3 is 0 Å². The number of nitrogens with zero attached hydrogens (tertiary/aromatic N) is 4. The van der Waals surface area contributed by atoms with Crippen LogP contribution in [0.5, 0.6) is 0 Å². The maximum atomic E-state index is 12.3. The third-order valence-corrected chi connectivity index (χ3v) is 4.57. The Kier molecular flexibility index (Phi) is 4.53. The number of thiazole rings is 1. The van der Waals surface area contributed by atoms with Crippen LogP contribution in [-0.4, -0.2) is 25.9 Å². The van der Waals surface area contributed by atoms with Crippen molar-refractivity contribution in [3.05, 3.63) is 56.2 Å². The van der Waals surface area contributed by atoms with Crippen LogP contribution < -0.4 is 5.32 Å². The Hall–Kier alpha value is -2.06. The van der Waals surface area contributed by atoms with Gasteiger partial charge in [0.2, 0.25) is 0 Å². The van der Waals surface area contributed by atoms with Crippen molar-refractivity contribution in [1.82, 2.24) is 25.3 Å². The van der Waals surface area contributed by atoms with Crippen molar-refractivity contribution >= 4 is 33.2 Å². The summed E-state index contributed by atoms with van der Waals surface area (Å²) in [5.41, 5.74) is 2.70. The molecule has 0 aliphatic heterocycles. The summed E-state index contributed by atoms with van der Waals surface area (Å²) in [6.45, 7) is 4.14. The van der Waals surface area contributed by atoms with Crippen LogP contribution in [0, 0.1) is 13.8 Å². The summed E-state index contributed by atoms with van der Waals surface area (Å²) in [5, 5.41) is 13.8. The average molecular weight is 392 g/mol. The zero-order valence-electron chi connectivity index (χ0n) is 12.6. The SMILES string of the molecule is Cc1nc(CNC(=O)c2nnn(-c3cccc(Br)c3)c2C)cs1. The lowest BCUT2D eigenvalue weighted by molar-refractivity contribution is 0.0944. The summed E-state index contributed by atoms with van der Waals surface area (Å²) in [5.74, 6) is -0.255. The predicted molar refractivity (Wildman–Crippen MR) is 91.8 cm³/mol. The minimum atomic E-state index is -0.255. The van der Waals surface area contributed by atoms with Gasteiger partial charge in [0.1, 0.15) is 0 Å². The molecule has 8 heteroatoms. The Morgan fingerprint density at radius 2 is 2.22 bits per heavy atom. The van der Waals surface area contributed by atoms with E-state index in [4.69, 9.17) is 0 Å². The molecular weight excluding hydrogens is 378 g/mol. The molecule has 1 amide bonds. The summed E-state index contributed by atoms with van der Waals surface area (Å²) in [4.78, 5) is 16.6. The van der Waals surface area contributed by atoms with Crippen LogP contribution >= 0.6 is 27.3 Å². The van der Waals surface area contributed by atoms with Gasteiger partial charge in [-0.15, -0.1) is 16.4 Å². The van der Waals surface area contributed by atoms with Gasteiger partial charge in [0, 0.05) is 9.85 Å². The maximum Gasteiger partial charge on any atom is 0.274 e. The van der Waals surface area contributed by atoms with E-state index in [1.54, 1.807) is 16.0 Å². The Balaban J connectivity index is 1.77. The number of aromatic nitrogens is 4. The van der Waals surface area contributed by atoms with Crippen LogP contribution in [0.25, 0.3) is 5.69 Å². The lowest BCUT2D eigenvalue weighted by Gasteiger charge is -2.04. The molecule has 1 N–H and O–H groups in total. The van der Waals surface area contributed by atoms with E-state index >= 15 is 0 Å². The van der Waals surface area contributed by atoms with Crippen LogP contribution in [0.3, 0.4) is 0 Å². The number of amides is 1. The van der Waals surface area contributed by atoms with Gasteiger partial charge in [0.05, 0.1) is 28.6 Å². The number of rotatable bonds is 4. The van der Waals surface area contributed by atoms with E-state index in [1.165, 1.54) is 0 Å². The Labute approximate surface area is 145 Å². The molecule has 0 radical (unpaired) electrons. The third-order valence-electron chi connectivity index (χ3n) is 3.26. The molecular formula is C15H14BrN5OS. The highest BCUT2D eigenvalue weighted by atomic mass is 79.9. The predicted octanol–water partition coefficient (Wildman–Crippen LogP) is 3.03. The van der Waals surface area contributed by atoms with E-state index in [2.05, 4.69) is 36.5 Å². The summed E-state index contributed by atoms with van der Waals surface area (Å²) >= 11 is 4.98. The first-order valence-corrected chi connectivity index (χ1v) is 8.59. The quantitative estimate of drug-likeness (QED) is 0.741. The molecule has 0 fully saturated rings. The molecule has 1 aromatic carbocycles. The van der Waals surface area contributed by atoms with Crippen molar-refractivity contribution in [2.24, 2.45) is 0 Å². The van der Waals surface area contributed by atoms with Crippen molar-refractivity contribution in [3.63, 3.8) is 0 Å². The van der Waals surface area contributed by atoms with Crippen molar-refractivity contribution in [1.29, 1.82) is 0 Å². The van der Waals surface area contributed by atoms with Crippen molar-refractivity contribution in [2.45, 2.75) is 20.4 Å². The standard InChI is InChI=1S/C15H14BrN5OS/c1-9-14(15(22)17-7-12-8-23-10(2)18-12)19-20-21(9)13-5-3-4-11(16)6-13/h3-6,8H,7H2,1-2H3,(H,17,22). The summed E-state index contributed by atoms with van der Waals surface area (Å²) < 4.78 is 2.59. The molecule has 2 aromatic heterocycles. The van der Waals surface area contributed by atoms with Gasteiger partial charge in [0.25, 0.3) is 5.91 Å². The van der Waals surface area contributed by atoms with E-state index in [1.807, 2.05) is 43.5 Å². The third kappa shape index (κ3) is 3.48. The highest BCUT2D eigenvalue weighted by Gasteiger charge is 2.17. The van der Waals surface area contributed by atoms with E-state index in [0.717, 1.165) is 20.9 Å².